The van der Waals surface area contributed by atoms with Gasteiger partial charge in [-0.1, -0.05) is 24.3 Å². The number of hydrogen-bond acceptors (Lipinski definition) is 6. The quantitative estimate of drug-likeness (QED) is 0.314. The van der Waals surface area contributed by atoms with E-state index in [1.807, 2.05) is 42.5 Å². The molecule has 0 aliphatic heterocycles. The summed E-state index contributed by atoms with van der Waals surface area (Å²) in [4.78, 5) is 5.03. The van der Waals surface area contributed by atoms with E-state index in [0.29, 0.717) is 22.0 Å². The Balaban J connectivity index is 1.61. The van der Waals surface area contributed by atoms with Crippen molar-refractivity contribution in [3.8, 4) is 23.5 Å². The fourth-order valence-corrected chi connectivity index (χ4v) is 4.53. The van der Waals surface area contributed by atoms with Crippen LogP contribution >= 0.6 is 23.1 Å². The summed E-state index contributed by atoms with van der Waals surface area (Å²) in [6.07, 6.45) is 1.69. The van der Waals surface area contributed by atoms with Gasteiger partial charge < -0.3 is 4.42 Å². The molecule has 128 valence electrons. The number of allylic oxidation sites excluding steroid dienone is 1. The van der Waals surface area contributed by atoms with Crippen molar-refractivity contribution in [3.05, 3.63) is 76.9 Å². The first kappa shape index (κ1) is 17.1. The van der Waals surface area contributed by atoms with E-state index in [2.05, 4.69) is 17.1 Å². The molecule has 0 fully saturated rings. The SMILES string of the molecule is N#CC(=Cc1ccc(-c2ccccc2C#N)o1)Sc1nc2ccccc2s1. The lowest BCUT2D eigenvalue weighted by Gasteiger charge is -1.99. The summed E-state index contributed by atoms with van der Waals surface area (Å²) in [5.41, 5.74) is 2.21. The van der Waals surface area contributed by atoms with Crippen LogP contribution in [-0.4, -0.2) is 4.98 Å². The summed E-state index contributed by atoms with van der Waals surface area (Å²) in [5.74, 6) is 1.16. The summed E-state index contributed by atoms with van der Waals surface area (Å²) in [7, 11) is 0. The van der Waals surface area contributed by atoms with Gasteiger partial charge >= 0.3 is 0 Å². The Labute approximate surface area is 164 Å². The lowest BCUT2D eigenvalue weighted by atomic mass is 10.1. The maximum atomic E-state index is 9.48. The Morgan fingerprint density at radius 3 is 2.67 bits per heavy atom. The molecule has 6 heteroatoms. The van der Waals surface area contributed by atoms with Crippen molar-refractivity contribution in [2.45, 2.75) is 4.34 Å². The van der Waals surface area contributed by atoms with Gasteiger partial charge in [-0.3, -0.25) is 0 Å². The Morgan fingerprint density at radius 1 is 1.04 bits per heavy atom. The van der Waals surface area contributed by atoms with Crippen LogP contribution in [0, 0.1) is 22.7 Å². The van der Waals surface area contributed by atoms with E-state index in [1.54, 1.807) is 35.6 Å². The molecule has 0 saturated carbocycles. The molecule has 2 aromatic carbocycles. The van der Waals surface area contributed by atoms with Crippen molar-refractivity contribution < 1.29 is 4.42 Å². The maximum Gasteiger partial charge on any atom is 0.156 e. The molecule has 0 radical (unpaired) electrons. The van der Waals surface area contributed by atoms with Gasteiger partial charge in [0.05, 0.1) is 26.8 Å². The van der Waals surface area contributed by atoms with Gasteiger partial charge in [-0.15, -0.1) is 11.3 Å². The lowest BCUT2D eigenvalue weighted by Crippen LogP contribution is -1.80. The molecule has 0 atom stereocenters. The highest BCUT2D eigenvalue weighted by Crippen LogP contribution is 2.35. The molecule has 0 amide bonds. The van der Waals surface area contributed by atoms with Crippen LogP contribution in [0.3, 0.4) is 0 Å². The zero-order valence-electron chi connectivity index (χ0n) is 13.9. The van der Waals surface area contributed by atoms with E-state index in [9.17, 15) is 10.5 Å². The number of nitrogens with zero attached hydrogens (tertiary/aromatic N) is 3. The Hall–Kier alpha value is -3.32. The van der Waals surface area contributed by atoms with Gasteiger partial charge in [0.1, 0.15) is 17.6 Å². The molecule has 0 aliphatic carbocycles. The second kappa shape index (κ2) is 7.51. The van der Waals surface area contributed by atoms with Crippen LogP contribution < -0.4 is 0 Å². The van der Waals surface area contributed by atoms with Gasteiger partial charge in [-0.2, -0.15) is 10.5 Å². The molecule has 0 unspecified atom stereocenters. The Kier molecular flexibility index (Phi) is 4.76. The molecule has 0 aliphatic rings. The van der Waals surface area contributed by atoms with E-state index in [0.717, 1.165) is 20.1 Å². The van der Waals surface area contributed by atoms with Crippen molar-refractivity contribution in [2.24, 2.45) is 0 Å². The first-order valence-electron chi connectivity index (χ1n) is 8.01. The highest BCUT2D eigenvalue weighted by molar-refractivity contribution is 8.05. The fourth-order valence-electron chi connectivity index (χ4n) is 2.57. The molecule has 2 aromatic heterocycles. The number of rotatable bonds is 4. The molecule has 4 rings (SSSR count). The number of thioether (sulfide) groups is 1. The van der Waals surface area contributed by atoms with E-state index in [4.69, 9.17) is 4.42 Å². The highest BCUT2D eigenvalue weighted by atomic mass is 32.2. The van der Waals surface area contributed by atoms with Crippen LogP contribution in [0.1, 0.15) is 11.3 Å². The summed E-state index contributed by atoms with van der Waals surface area (Å²) < 4.78 is 7.73. The first-order chi connectivity index (χ1) is 13.3. The Morgan fingerprint density at radius 2 is 1.85 bits per heavy atom. The third kappa shape index (κ3) is 3.63. The van der Waals surface area contributed by atoms with Crippen molar-refractivity contribution >= 4 is 39.4 Å². The second-order valence-corrected chi connectivity index (χ2v) is 7.85. The topological polar surface area (TPSA) is 73.6 Å². The summed E-state index contributed by atoms with van der Waals surface area (Å²) >= 11 is 2.87. The van der Waals surface area contributed by atoms with Crippen LogP contribution in [0.5, 0.6) is 0 Å². The zero-order chi connectivity index (χ0) is 18.6. The van der Waals surface area contributed by atoms with Crippen LogP contribution in [0.2, 0.25) is 0 Å². The van der Waals surface area contributed by atoms with E-state index < -0.39 is 0 Å². The molecule has 0 bridgehead atoms. The van der Waals surface area contributed by atoms with Crippen molar-refractivity contribution in [1.29, 1.82) is 10.5 Å². The number of nitriles is 2. The van der Waals surface area contributed by atoms with Crippen molar-refractivity contribution in [3.63, 3.8) is 0 Å². The molecule has 0 spiro atoms. The van der Waals surface area contributed by atoms with Gasteiger partial charge in [0, 0.05) is 11.6 Å². The Bertz CT molecular complexity index is 1210. The number of aromatic nitrogens is 1. The summed E-state index contributed by atoms with van der Waals surface area (Å²) in [6, 6.07) is 23.1. The minimum absolute atomic E-state index is 0.489. The third-order valence-corrected chi connectivity index (χ3v) is 5.82. The van der Waals surface area contributed by atoms with Crippen molar-refractivity contribution in [1.82, 2.24) is 4.98 Å². The van der Waals surface area contributed by atoms with Crippen LogP contribution in [0.4, 0.5) is 0 Å². The smallest absolute Gasteiger partial charge is 0.156 e. The molecule has 2 heterocycles. The number of hydrogen-bond donors (Lipinski definition) is 0. The molecule has 0 N–H and O–H groups in total. The largest absolute Gasteiger partial charge is 0.457 e. The average molecular weight is 385 g/mol. The zero-order valence-corrected chi connectivity index (χ0v) is 15.6. The standard InChI is InChI=1S/C21H11N3OS2/c22-12-14-5-1-2-6-17(14)19-10-9-15(25-19)11-16(13-23)26-21-24-18-7-3-4-8-20(18)27-21/h1-11H. The molecule has 0 saturated heterocycles. The monoisotopic (exact) mass is 385 g/mol. The van der Waals surface area contributed by atoms with Crippen LogP contribution in [0.15, 0.2) is 74.3 Å². The van der Waals surface area contributed by atoms with Gasteiger partial charge in [-0.25, -0.2) is 4.98 Å². The second-order valence-electron chi connectivity index (χ2n) is 5.53. The number of furan rings is 1. The predicted octanol–water partition coefficient (Wildman–Crippen LogP) is 6.08. The molecule has 27 heavy (non-hydrogen) atoms. The molecule has 4 nitrogen and oxygen atoms in total. The first-order valence-corrected chi connectivity index (χ1v) is 9.64. The number of fused-ring (bicyclic) bond motifs is 1. The number of para-hydroxylation sites is 1. The van der Waals surface area contributed by atoms with Crippen LogP contribution in [-0.2, 0) is 0 Å². The minimum Gasteiger partial charge on any atom is -0.457 e. The number of thiazole rings is 1. The van der Waals surface area contributed by atoms with Gasteiger partial charge in [-0.05, 0) is 48.2 Å². The van der Waals surface area contributed by atoms with Crippen molar-refractivity contribution in [2.75, 3.05) is 0 Å². The van der Waals surface area contributed by atoms with E-state index >= 15 is 0 Å². The highest BCUT2D eigenvalue weighted by Gasteiger charge is 2.11. The molecular formula is C21H11N3OS2. The van der Waals surface area contributed by atoms with Gasteiger partial charge in [0.25, 0.3) is 0 Å². The molecule has 4 aromatic rings. The summed E-state index contributed by atoms with van der Waals surface area (Å²) in [5, 5.41) is 18.7. The predicted molar refractivity (Wildman–Crippen MR) is 108 cm³/mol. The van der Waals surface area contributed by atoms with Crippen LogP contribution in [0.25, 0.3) is 27.6 Å². The minimum atomic E-state index is 0.489. The lowest BCUT2D eigenvalue weighted by molar-refractivity contribution is 0.571. The number of benzene rings is 2. The van der Waals surface area contributed by atoms with Gasteiger partial charge in [0.2, 0.25) is 0 Å². The fraction of sp³-hybridized carbons (Fsp3) is 0. The third-order valence-electron chi connectivity index (χ3n) is 3.79. The van der Waals surface area contributed by atoms with E-state index in [1.165, 1.54) is 11.8 Å². The maximum absolute atomic E-state index is 9.48. The van der Waals surface area contributed by atoms with E-state index in [-0.39, 0.29) is 0 Å². The summed E-state index contributed by atoms with van der Waals surface area (Å²) in [6.45, 7) is 0. The normalized spacial score (nSPS) is 11.3. The van der Waals surface area contributed by atoms with Gasteiger partial charge in [0.15, 0.2) is 4.34 Å². The average Bonchev–Trinajstić information content (AvgIpc) is 3.33. The molecular weight excluding hydrogens is 374 g/mol.